The largest absolute Gasteiger partial charge is 0.490 e. The van der Waals surface area contributed by atoms with Crippen LogP contribution in [-0.2, 0) is 0 Å². The first kappa shape index (κ1) is 18.0. The zero-order chi connectivity index (χ0) is 19.4. The van der Waals surface area contributed by atoms with Gasteiger partial charge in [0.25, 0.3) is 0 Å². The van der Waals surface area contributed by atoms with E-state index in [-0.39, 0.29) is 22.9 Å². The Labute approximate surface area is 154 Å². The predicted molar refractivity (Wildman–Crippen MR) is 96.8 cm³/mol. The Morgan fingerprint density at radius 3 is 2.37 bits per heavy atom. The molecule has 0 saturated heterocycles. The molecule has 0 saturated carbocycles. The van der Waals surface area contributed by atoms with E-state index in [2.05, 4.69) is 10.2 Å². The standard InChI is InChI=1S/C19H15N3O5/c1-12-3-5-13(6-4-12)15-8-10-18(21-20-15)27-19(23)14-7-9-17(26-2)16(11-14)22(24)25/h3-11H,1-2H3. The first-order valence-electron chi connectivity index (χ1n) is 7.93. The maximum atomic E-state index is 12.2. The number of hydrogen-bond donors (Lipinski definition) is 0. The van der Waals surface area contributed by atoms with Gasteiger partial charge in [0.15, 0.2) is 5.75 Å². The predicted octanol–water partition coefficient (Wildman–Crippen LogP) is 3.59. The SMILES string of the molecule is COc1ccc(C(=O)Oc2ccc(-c3ccc(C)cc3)nn2)cc1[N+](=O)[O-]. The summed E-state index contributed by atoms with van der Waals surface area (Å²) < 4.78 is 10.0. The summed E-state index contributed by atoms with van der Waals surface area (Å²) in [5.41, 5.74) is 2.33. The molecule has 8 heteroatoms. The number of rotatable bonds is 5. The molecule has 0 N–H and O–H groups in total. The number of nitrogens with zero attached hydrogens (tertiary/aromatic N) is 3. The molecule has 3 aromatic rings. The molecule has 3 rings (SSSR count). The van der Waals surface area contributed by atoms with Gasteiger partial charge < -0.3 is 9.47 Å². The van der Waals surface area contributed by atoms with Crippen LogP contribution in [0.15, 0.2) is 54.6 Å². The first-order valence-corrected chi connectivity index (χ1v) is 7.93. The molecule has 0 spiro atoms. The Kier molecular flexibility index (Phi) is 5.07. The highest BCUT2D eigenvalue weighted by molar-refractivity contribution is 5.92. The molecular weight excluding hydrogens is 350 g/mol. The molecule has 0 atom stereocenters. The molecule has 0 aliphatic rings. The number of nitro groups is 1. The number of aryl methyl sites for hydroxylation is 1. The van der Waals surface area contributed by atoms with Gasteiger partial charge >= 0.3 is 11.7 Å². The van der Waals surface area contributed by atoms with E-state index in [9.17, 15) is 14.9 Å². The lowest BCUT2D eigenvalue weighted by atomic mass is 10.1. The minimum atomic E-state index is -0.780. The zero-order valence-electron chi connectivity index (χ0n) is 14.6. The van der Waals surface area contributed by atoms with E-state index in [1.54, 1.807) is 6.07 Å². The number of methoxy groups -OCH3 is 1. The Hall–Kier alpha value is -3.81. The van der Waals surface area contributed by atoms with Crippen LogP contribution in [0.5, 0.6) is 11.6 Å². The molecule has 1 aromatic heterocycles. The summed E-state index contributed by atoms with van der Waals surface area (Å²) in [5, 5.41) is 19.0. The molecule has 0 fully saturated rings. The molecule has 0 unspecified atom stereocenters. The van der Waals surface area contributed by atoms with Crippen molar-refractivity contribution in [3.63, 3.8) is 0 Å². The molecule has 0 aliphatic carbocycles. The van der Waals surface area contributed by atoms with E-state index < -0.39 is 10.9 Å². The number of aromatic nitrogens is 2. The van der Waals surface area contributed by atoms with Gasteiger partial charge in [-0.2, -0.15) is 0 Å². The summed E-state index contributed by atoms with van der Waals surface area (Å²) in [5.74, 6) is -0.730. The van der Waals surface area contributed by atoms with Gasteiger partial charge in [-0.3, -0.25) is 10.1 Å². The van der Waals surface area contributed by atoms with Crippen molar-refractivity contribution in [2.75, 3.05) is 7.11 Å². The van der Waals surface area contributed by atoms with Crippen LogP contribution in [0.4, 0.5) is 5.69 Å². The van der Waals surface area contributed by atoms with Crippen molar-refractivity contribution in [1.82, 2.24) is 10.2 Å². The van der Waals surface area contributed by atoms with Crippen LogP contribution < -0.4 is 9.47 Å². The second kappa shape index (κ2) is 7.61. The van der Waals surface area contributed by atoms with Crippen molar-refractivity contribution >= 4 is 11.7 Å². The van der Waals surface area contributed by atoms with Crippen LogP contribution in [0.3, 0.4) is 0 Å². The number of esters is 1. The second-order valence-electron chi connectivity index (χ2n) is 5.66. The lowest BCUT2D eigenvalue weighted by molar-refractivity contribution is -0.385. The van der Waals surface area contributed by atoms with Crippen molar-refractivity contribution in [3.05, 3.63) is 75.8 Å². The lowest BCUT2D eigenvalue weighted by Crippen LogP contribution is -2.10. The number of hydrogen-bond acceptors (Lipinski definition) is 7. The molecule has 136 valence electrons. The average Bonchev–Trinajstić information content (AvgIpc) is 2.68. The van der Waals surface area contributed by atoms with Crippen molar-refractivity contribution in [1.29, 1.82) is 0 Å². The Morgan fingerprint density at radius 1 is 1.04 bits per heavy atom. The van der Waals surface area contributed by atoms with Gasteiger partial charge in [0.1, 0.15) is 0 Å². The maximum Gasteiger partial charge on any atom is 0.345 e. The fraction of sp³-hybridized carbons (Fsp3) is 0.105. The van der Waals surface area contributed by atoms with Gasteiger partial charge in [-0.25, -0.2) is 4.79 Å². The van der Waals surface area contributed by atoms with Crippen LogP contribution in [0.25, 0.3) is 11.3 Å². The third-order valence-corrected chi connectivity index (χ3v) is 3.80. The highest BCUT2D eigenvalue weighted by Gasteiger charge is 2.19. The quantitative estimate of drug-likeness (QED) is 0.386. The molecule has 8 nitrogen and oxygen atoms in total. The van der Waals surface area contributed by atoms with Gasteiger partial charge in [0.2, 0.25) is 5.88 Å². The summed E-state index contributed by atoms with van der Waals surface area (Å²) in [4.78, 5) is 22.7. The minimum Gasteiger partial charge on any atom is -0.490 e. The number of ether oxygens (including phenoxy) is 2. The minimum absolute atomic E-state index is 0.00525. The van der Waals surface area contributed by atoms with E-state index >= 15 is 0 Å². The molecule has 0 bridgehead atoms. The molecule has 0 amide bonds. The average molecular weight is 365 g/mol. The summed E-state index contributed by atoms with van der Waals surface area (Å²) in [6, 6.07) is 14.7. The number of nitro benzene ring substituents is 1. The Balaban J connectivity index is 1.77. The lowest BCUT2D eigenvalue weighted by Gasteiger charge is -2.06. The summed E-state index contributed by atoms with van der Waals surface area (Å²) in [7, 11) is 1.31. The molecule has 27 heavy (non-hydrogen) atoms. The smallest absolute Gasteiger partial charge is 0.345 e. The fourth-order valence-electron chi connectivity index (χ4n) is 2.37. The van der Waals surface area contributed by atoms with E-state index in [0.29, 0.717) is 5.69 Å². The highest BCUT2D eigenvalue weighted by atomic mass is 16.6. The van der Waals surface area contributed by atoms with Crippen LogP contribution >= 0.6 is 0 Å². The van der Waals surface area contributed by atoms with Gasteiger partial charge in [-0.05, 0) is 25.1 Å². The van der Waals surface area contributed by atoms with Gasteiger partial charge in [0.05, 0.1) is 23.3 Å². The monoisotopic (exact) mass is 365 g/mol. The Bertz CT molecular complexity index is 985. The number of benzene rings is 2. The van der Waals surface area contributed by atoms with Crippen molar-refractivity contribution in [3.8, 4) is 22.9 Å². The van der Waals surface area contributed by atoms with Crippen molar-refractivity contribution in [2.24, 2.45) is 0 Å². The van der Waals surface area contributed by atoms with E-state index in [0.717, 1.165) is 17.2 Å². The normalized spacial score (nSPS) is 10.3. The maximum absolute atomic E-state index is 12.2. The molecule has 0 radical (unpaired) electrons. The van der Waals surface area contributed by atoms with Crippen LogP contribution in [-0.4, -0.2) is 28.2 Å². The van der Waals surface area contributed by atoms with Gasteiger partial charge in [-0.1, -0.05) is 29.8 Å². The zero-order valence-corrected chi connectivity index (χ0v) is 14.6. The Morgan fingerprint density at radius 2 is 1.78 bits per heavy atom. The third-order valence-electron chi connectivity index (χ3n) is 3.80. The first-order chi connectivity index (χ1) is 13.0. The molecule has 1 heterocycles. The van der Waals surface area contributed by atoms with Crippen molar-refractivity contribution in [2.45, 2.75) is 6.92 Å². The molecule has 2 aromatic carbocycles. The number of carbonyl (C=O) groups excluding carboxylic acids is 1. The topological polar surface area (TPSA) is 104 Å². The van der Waals surface area contributed by atoms with Gasteiger partial charge in [0, 0.05) is 17.7 Å². The molecular formula is C19H15N3O5. The van der Waals surface area contributed by atoms with E-state index in [1.807, 2.05) is 31.2 Å². The highest BCUT2D eigenvalue weighted by Crippen LogP contribution is 2.28. The van der Waals surface area contributed by atoms with Crippen LogP contribution in [0, 0.1) is 17.0 Å². The van der Waals surface area contributed by atoms with Crippen LogP contribution in [0.1, 0.15) is 15.9 Å². The summed E-state index contributed by atoms with van der Waals surface area (Å²) >= 11 is 0. The van der Waals surface area contributed by atoms with Gasteiger partial charge in [-0.15, -0.1) is 10.2 Å². The van der Waals surface area contributed by atoms with Crippen molar-refractivity contribution < 1.29 is 19.2 Å². The van der Waals surface area contributed by atoms with E-state index in [4.69, 9.17) is 9.47 Å². The van der Waals surface area contributed by atoms with Crippen LogP contribution in [0.2, 0.25) is 0 Å². The molecule has 0 aliphatic heterocycles. The second-order valence-corrected chi connectivity index (χ2v) is 5.66. The third kappa shape index (κ3) is 4.06. The summed E-state index contributed by atoms with van der Waals surface area (Å²) in [6.07, 6.45) is 0. The fourth-order valence-corrected chi connectivity index (χ4v) is 2.37. The van der Waals surface area contributed by atoms with E-state index in [1.165, 1.54) is 25.3 Å². The number of carbonyl (C=O) groups is 1. The summed E-state index contributed by atoms with van der Waals surface area (Å²) in [6.45, 7) is 1.99.